The molecule has 0 amide bonds. The number of benzene rings is 2. The molecule has 0 aliphatic carbocycles. The van der Waals surface area contributed by atoms with Gasteiger partial charge in [0.25, 0.3) is 0 Å². The summed E-state index contributed by atoms with van der Waals surface area (Å²) in [6.07, 6.45) is 0.418. The fourth-order valence-corrected chi connectivity index (χ4v) is 3.68. The molecule has 6 heteroatoms. The smallest absolute Gasteiger partial charge is 0.206 e. The topological polar surface area (TPSA) is 78.2 Å². The first-order chi connectivity index (χ1) is 10.7. The Morgan fingerprint density at radius 1 is 1.17 bits per heavy atom. The quantitative estimate of drug-likeness (QED) is 0.814. The second-order valence-electron chi connectivity index (χ2n) is 5.57. The third-order valence-electron chi connectivity index (χ3n) is 3.57. The number of hydrogen-bond acceptors (Lipinski definition) is 4. The van der Waals surface area contributed by atoms with Crippen LogP contribution < -0.4 is 0 Å². The number of hydrogen-bond donors (Lipinski definition) is 2. The van der Waals surface area contributed by atoms with Crippen molar-refractivity contribution in [3.63, 3.8) is 0 Å². The van der Waals surface area contributed by atoms with Gasteiger partial charge in [0.05, 0.1) is 9.79 Å². The fourth-order valence-electron chi connectivity index (χ4n) is 2.41. The van der Waals surface area contributed by atoms with E-state index in [9.17, 15) is 17.9 Å². The summed E-state index contributed by atoms with van der Waals surface area (Å²) in [5, 5.41) is 16.7. The zero-order valence-corrected chi connectivity index (χ0v) is 13.7. The highest BCUT2D eigenvalue weighted by molar-refractivity contribution is 7.91. The third-order valence-corrected chi connectivity index (χ3v) is 5.34. The molecule has 2 aromatic rings. The summed E-state index contributed by atoms with van der Waals surface area (Å²) in [5.41, 5.74) is 0.832. The Labute approximate surface area is 135 Å². The molecular formula is C17H18FNO3S. The summed E-state index contributed by atoms with van der Waals surface area (Å²) in [4.78, 5) is -0.144. The van der Waals surface area contributed by atoms with Crippen molar-refractivity contribution in [1.29, 1.82) is 5.41 Å². The highest BCUT2D eigenvalue weighted by atomic mass is 32.2. The molecule has 0 saturated heterocycles. The SMILES string of the molecule is CC(=N)C[C@H](C)c1ccc(S(=O)(=O)c2ccc(O)cc2)cc1F. The van der Waals surface area contributed by atoms with E-state index in [-0.39, 0.29) is 21.5 Å². The van der Waals surface area contributed by atoms with Crippen molar-refractivity contribution >= 4 is 15.5 Å². The van der Waals surface area contributed by atoms with Crippen LogP contribution in [0.4, 0.5) is 4.39 Å². The van der Waals surface area contributed by atoms with Crippen molar-refractivity contribution in [3.05, 3.63) is 53.8 Å². The van der Waals surface area contributed by atoms with E-state index in [0.717, 1.165) is 6.07 Å². The molecule has 0 aliphatic heterocycles. The van der Waals surface area contributed by atoms with Gasteiger partial charge in [-0.2, -0.15) is 0 Å². The zero-order valence-electron chi connectivity index (χ0n) is 12.9. The highest BCUT2D eigenvalue weighted by Gasteiger charge is 2.20. The average Bonchev–Trinajstić information content (AvgIpc) is 2.46. The van der Waals surface area contributed by atoms with Crippen LogP contribution in [0, 0.1) is 11.2 Å². The molecule has 23 heavy (non-hydrogen) atoms. The summed E-state index contributed by atoms with van der Waals surface area (Å²) in [6.45, 7) is 3.45. The van der Waals surface area contributed by atoms with Crippen molar-refractivity contribution in [2.75, 3.05) is 0 Å². The number of halogens is 1. The number of phenols is 1. The summed E-state index contributed by atoms with van der Waals surface area (Å²) in [6, 6.07) is 8.92. The molecule has 0 aliphatic rings. The van der Waals surface area contributed by atoms with E-state index in [4.69, 9.17) is 5.41 Å². The van der Waals surface area contributed by atoms with E-state index < -0.39 is 15.7 Å². The maximum absolute atomic E-state index is 14.3. The molecule has 0 unspecified atom stereocenters. The number of rotatable bonds is 5. The molecule has 1 atom stereocenters. The minimum absolute atomic E-state index is 0.00849. The Hall–Kier alpha value is -2.21. The summed E-state index contributed by atoms with van der Waals surface area (Å²) in [7, 11) is -3.84. The van der Waals surface area contributed by atoms with Gasteiger partial charge < -0.3 is 10.5 Å². The summed E-state index contributed by atoms with van der Waals surface area (Å²) in [5.74, 6) is -0.835. The molecule has 0 radical (unpaired) electrons. The predicted molar refractivity (Wildman–Crippen MR) is 86.4 cm³/mol. The standard InChI is InChI=1S/C17H18FNO3S/c1-11(9-12(2)19)16-8-7-15(10-17(16)18)23(21,22)14-5-3-13(20)4-6-14/h3-8,10-11,19-20H,9H2,1-2H3/t11-/m0/s1. The van der Waals surface area contributed by atoms with E-state index in [1.54, 1.807) is 13.8 Å². The zero-order chi connectivity index (χ0) is 17.2. The largest absolute Gasteiger partial charge is 0.508 e. The Morgan fingerprint density at radius 3 is 2.26 bits per heavy atom. The lowest BCUT2D eigenvalue weighted by atomic mass is 9.95. The molecule has 0 spiro atoms. The van der Waals surface area contributed by atoms with E-state index >= 15 is 0 Å². The van der Waals surface area contributed by atoms with Crippen molar-refractivity contribution in [3.8, 4) is 5.75 Å². The van der Waals surface area contributed by atoms with Crippen LogP contribution >= 0.6 is 0 Å². The summed E-state index contributed by atoms with van der Waals surface area (Å²) < 4.78 is 39.2. The van der Waals surface area contributed by atoms with E-state index in [1.807, 2.05) is 0 Å². The molecule has 2 aromatic carbocycles. The van der Waals surface area contributed by atoms with Crippen LogP contribution in [0.3, 0.4) is 0 Å². The number of sulfone groups is 1. The second kappa shape index (κ2) is 6.50. The van der Waals surface area contributed by atoms with E-state index in [1.165, 1.54) is 36.4 Å². The van der Waals surface area contributed by atoms with Crippen molar-refractivity contribution in [2.24, 2.45) is 0 Å². The molecule has 0 saturated carbocycles. The Balaban J connectivity index is 2.39. The number of aromatic hydroxyl groups is 1. The van der Waals surface area contributed by atoms with E-state index in [2.05, 4.69) is 0 Å². The first-order valence-corrected chi connectivity index (χ1v) is 8.57. The molecule has 122 valence electrons. The van der Waals surface area contributed by atoms with Crippen LogP contribution in [0.1, 0.15) is 31.7 Å². The lowest BCUT2D eigenvalue weighted by Gasteiger charge is -2.13. The molecule has 0 fully saturated rings. The van der Waals surface area contributed by atoms with Crippen LogP contribution in [0.5, 0.6) is 5.75 Å². The van der Waals surface area contributed by atoms with Gasteiger partial charge in [0.15, 0.2) is 0 Å². The minimum atomic E-state index is -3.84. The Bertz CT molecular complexity index is 829. The number of phenolic OH excluding ortho intramolecular Hbond substituents is 1. The normalized spacial score (nSPS) is 12.8. The van der Waals surface area contributed by atoms with Crippen molar-refractivity contribution < 1.29 is 17.9 Å². The van der Waals surface area contributed by atoms with Gasteiger partial charge in [-0.3, -0.25) is 0 Å². The first kappa shape index (κ1) is 17.1. The maximum atomic E-state index is 14.3. The number of nitrogens with one attached hydrogen (secondary N) is 1. The van der Waals surface area contributed by atoms with Gasteiger partial charge in [-0.25, -0.2) is 12.8 Å². The van der Waals surface area contributed by atoms with Crippen LogP contribution in [0.25, 0.3) is 0 Å². The van der Waals surface area contributed by atoms with Crippen LogP contribution in [-0.4, -0.2) is 19.2 Å². The molecule has 0 heterocycles. The predicted octanol–water partition coefficient (Wildman–Crippen LogP) is 3.90. The summed E-state index contributed by atoms with van der Waals surface area (Å²) >= 11 is 0. The second-order valence-corrected chi connectivity index (χ2v) is 7.52. The van der Waals surface area contributed by atoms with Gasteiger partial charge in [0, 0.05) is 5.71 Å². The van der Waals surface area contributed by atoms with Gasteiger partial charge >= 0.3 is 0 Å². The van der Waals surface area contributed by atoms with Gasteiger partial charge in [-0.15, -0.1) is 0 Å². The van der Waals surface area contributed by atoms with Crippen molar-refractivity contribution in [2.45, 2.75) is 36.0 Å². The molecule has 0 bridgehead atoms. The monoisotopic (exact) mass is 335 g/mol. The molecule has 2 rings (SSSR count). The average molecular weight is 335 g/mol. The maximum Gasteiger partial charge on any atom is 0.206 e. The molecule has 0 aromatic heterocycles. The Kier molecular flexibility index (Phi) is 4.85. The van der Waals surface area contributed by atoms with Gasteiger partial charge in [-0.05, 0) is 61.2 Å². The Morgan fingerprint density at radius 2 is 1.74 bits per heavy atom. The first-order valence-electron chi connectivity index (χ1n) is 7.09. The fraction of sp³-hybridized carbons (Fsp3) is 0.235. The third kappa shape index (κ3) is 3.76. The highest BCUT2D eigenvalue weighted by Crippen LogP contribution is 2.28. The van der Waals surface area contributed by atoms with Crippen LogP contribution in [0.15, 0.2) is 52.3 Å². The van der Waals surface area contributed by atoms with Gasteiger partial charge in [0.1, 0.15) is 11.6 Å². The molecule has 2 N–H and O–H groups in total. The molecule has 4 nitrogen and oxygen atoms in total. The molecular weight excluding hydrogens is 317 g/mol. The van der Waals surface area contributed by atoms with Gasteiger partial charge in [0.2, 0.25) is 9.84 Å². The lowest BCUT2D eigenvalue weighted by Crippen LogP contribution is -2.06. The van der Waals surface area contributed by atoms with Crippen molar-refractivity contribution in [1.82, 2.24) is 0 Å². The van der Waals surface area contributed by atoms with Gasteiger partial charge in [-0.1, -0.05) is 13.0 Å². The van der Waals surface area contributed by atoms with Crippen LogP contribution in [-0.2, 0) is 9.84 Å². The lowest BCUT2D eigenvalue weighted by molar-refractivity contribution is 0.475. The van der Waals surface area contributed by atoms with Crippen LogP contribution in [0.2, 0.25) is 0 Å². The van der Waals surface area contributed by atoms with E-state index in [0.29, 0.717) is 17.7 Å². The minimum Gasteiger partial charge on any atom is -0.508 e.